The van der Waals surface area contributed by atoms with Gasteiger partial charge in [-0.1, -0.05) is 0 Å². The normalized spacial score (nSPS) is 29.4. The molecule has 17 amide bonds. The van der Waals surface area contributed by atoms with Gasteiger partial charge in [-0.3, -0.25) is 86.3 Å². The zero-order chi connectivity index (χ0) is 82.8. The van der Waals surface area contributed by atoms with Gasteiger partial charge in [-0.05, 0) is 102 Å². The smallest absolute Gasteiger partial charge is 0.322 e. The Balaban J connectivity index is 0.619. The highest BCUT2D eigenvalue weighted by Crippen LogP contribution is 2.32. The molecule has 11 saturated heterocycles. The molecule has 0 saturated carbocycles. The number of rotatable bonds is 28. The Kier molecular flexibility index (Phi) is 29.0. The van der Waals surface area contributed by atoms with Gasteiger partial charge in [0.2, 0.25) is 100 Å². The minimum Gasteiger partial charge on any atom is -0.480 e. The Morgan fingerprint density at radius 2 is 0.600 bits per heavy atom. The molecule has 11 rings (SSSR count). The summed E-state index contributed by atoms with van der Waals surface area (Å²) in [5.41, 5.74) is 0. The van der Waals surface area contributed by atoms with Crippen molar-refractivity contribution >= 4 is 118 Å². The molecular formula is C72H106N18O24S. The number of aliphatic hydroxyl groups excluding tert-OH is 5. The van der Waals surface area contributed by atoms with Gasteiger partial charge in [0.1, 0.15) is 73.0 Å². The first-order valence-electron chi connectivity index (χ1n) is 39.7. The first kappa shape index (κ1) is 86.4. The van der Waals surface area contributed by atoms with E-state index in [0.717, 1.165) is 30.9 Å². The summed E-state index contributed by atoms with van der Waals surface area (Å²) >= 11 is 1.49. The fourth-order valence-electron chi connectivity index (χ4n) is 18.0. The zero-order valence-electron chi connectivity index (χ0n) is 64.2. The molecule has 0 spiro atoms. The second-order valence-electron chi connectivity index (χ2n) is 31.4. The number of hydrogen-bond donors (Lipinski definition) is 14. The summed E-state index contributed by atoms with van der Waals surface area (Å²) < 4.78 is 0. The first-order valence-corrected chi connectivity index (χ1v) is 41.1. The van der Waals surface area contributed by atoms with E-state index in [0.29, 0.717) is 57.2 Å². The first-order chi connectivity index (χ1) is 54.9. The Morgan fingerprint density at radius 3 is 0.843 bits per heavy atom. The molecule has 0 unspecified atom stereocenters. The predicted molar refractivity (Wildman–Crippen MR) is 396 cm³/mol. The van der Waals surface area contributed by atoms with Gasteiger partial charge in [-0.15, -0.1) is 0 Å². The van der Waals surface area contributed by atoms with Crippen LogP contribution < -0.4 is 42.5 Å². The third-order valence-electron chi connectivity index (χ3n) is 23.7. The topological polar surface area (TPSA) is 557 Å². The van der Waals surface area contributed by atoms with Crippen molar-refractivity contribution in [2.24, 2.45) is 0 Å². The van der Waals surface area contributed by atoms with Crippen LogP contribution in [-0.2, 0) is 86.3 Å². The van der Waals surface area contributed by atoms with Crippen molar-refractivity contribution in [3.63, 3.8) is 0 Å². The molecule has 43 heteroatoms. The molecule has 0 aromatic carbocycles. The maximum absolute atomic E-state index is 14.4. The lowest BCUT2D eigenvalue weighted by molar-refractivity contribution is -0.148. The van der Waals surface area contributed by atoms with Crippen molar-refractivity contribution in [3.8, 4) is 0 Å². The van der Waals surface area contributed by atoms with Crippen molar-refractivity contribution in [2.45, 2.75) is 219 Å². The molecule has 115 heavy (non-hydrogen) atoms. The Hall–Kier alpha value is -9.43. The molecule has 0 aromatic heterocycles. The summed E-state index contributed by atoms with van der Waals surface area (Å²) in [4.78, 5) is 258. The molecule has 11 aliphatic heterocycles. The molecule has 42 nitrogen and oxygen atoms in total. The summed E-state index contributed by atoms with van der Waals surface area (Å²) in [7, 11) is 0. The number of carbonyl (C=O) groups is 18. The Bertz CT molecular complexity index is 3760. The highest BCUT2D eigenvalue weighted by Gasteiger charge is 2.52. The van der Waals surface area contributed by atoms with Crippen LogP contribution in [0.1, 0.15) is 116 Å². The molecule has 634 valence electrons. The largest absolute Gasteiger partial charge is 0.480 e. The number of aliphatic carboxylic acids is 1. The number of hydrogen-bond acceptors (Lipinski definition) is 25. The van der Waals surface area contributed by atoms with Crippen LogP contribution >= 0.6 is 11.8 Å². The van der Waals surface area contributed by atoms with Crippen LogP contribution in [-0.4, -0.2) is 412 Å². The number of nitrogens with one attached hydrogen (secondary N) is 8. The molecule has 0 bridgehead atoms. The lowest BCUT2D eigenvalue weighted by Crippen LogP contribution is -2.57. The van der Waals surface area contributed by atoms with E-state index in [-0.39, 0.29) is 136 Å². The van der Waals surface area contributed by atoms with Crippen molar-refractivity contribution in [3.05, 3.63) is 0 Å². The van der Waals surface area contributed by atoms with E-state index in [9.17, 15) is 112 Å². The molecule has 14 N–H and O–H groups in total. The van der Waals surface area contributed by atoms with E-state index in [1.54, 1.807) is 0 Å². The molecule has 0 aromatic rings. The van der Waals surface area contributed by atoms with Crippen LogP contribution in [0.2, 0.25) is 0 Å². The molecular weight excluding hydrogens is 1530 g/mol. The number of amides is 17. The summed E-state index contributed by atoms with van der Waals surface area (Å²) in [5.74, 6) is -12.4. The van der Waals surface area contributed by atoms with E-state index in [1.807, 2.05) is 6.26 Å². The van der Waals surface area contributed by atoms with Crippen molar-refractivity contribution < 1.29 is 117 Å². The number of aliphatic hydroxyl groups is 5. The zero-order valence-corrected chi connectivity index (χ0v) is 65.0. The van der Waals surface area contributed by atoms with E-state index >= 15 is 0 Å². The number of β-amino-alcohol motifs (C(OH)–C–C–N with tert-alkyl or cyclic N) is 5. The van der Waals surface area contributed by atoms with Gasteiger partial charge >= 0.3 is 5.97 Å². The standard InChI is InChI=1S/C72H106N18O24S/c1-115-21-14-44(80-62(104)43-8-2-15-73-43)61(103)74-27-55(96)81-16-3-9-45(81)68(110)86-33-38(91)22-50(86)63(105)75-28-56(97)82-17-4-10-46(82)69(111)87-34-39(92)23-51(87)64(106)76-29-57(98)83-18-5-11-47(83)70(112)88-35-40(93)24-52(88)65(107)77-30-58(99)84-19-6-12-48(84)71(113)89-36-41(94)25-53(89)66(108)78-31-59(100)85-20-7-13-49(85)72(114)90-37-42(95)26-54(90)67(109)79-32-60(101)102/h38-54,73,91-95H,2-37H2,1H3,(H,74,103)(H,75,105)(H,76,106)(H,77,107)(H,78,108)(H,79,109)(H,80,104)(H,101,102)/t38-,39-,40-,41-,42-,43+,44+,45+,46+,47+,48+,49+,50+,51+,52+,53+,54+/m1/s1. The van der Waals surface area contributed by atoms with Crippen molar-refractivity contribution in [1.82, 2.24) is 91.5 Å². The minimum atomic E-state index is -1.33. The van der Waals surface area contributed by atoms with Crippen molar-refractivity contribution in [2.75, 3.05) is 123 Å². The SMILES string of the molecule is CSCC[C@H](NC(=O)[C@@H]1CCCN1)C(=O)NCC(=O)N1CCC[C@H]1C(=O)N1C[C@H](O)C[C@H]1C(=O)NCC(=O)N1CCC[C@H]1C(=O)N1C[C@H](O)C[C@H]1C(=O)NCC(=O)N1CCC[C@H]1C(=O)N1C[C@H](O)C[C@H]1C(=O)NCC(=O)N1CCC[C@H]1C(=O)N1C[C@H](O)C[C@H]1C(=O)NCC(=O)N1CCC[C@H]1C(=O)N1C[C@H](O)C[C@H]1C(=O)NCC(=O)O. The van der Waals surface area contributed by atoms with E-state index in [1.165, 1.54) is 36.3 Å². The van der Waals surface area contributed by atoms with Gasteiger partial charge < -0.3 is 122 Å². The third-order valence-corrected chi connectivity index (χ3v) is 24.4. The van der Waals surface area contributed by atoms with Crippen LogP contribution in [0.4, 0.5) is 0 Å². The number of carboxylic acid groups (broad SMARTS) is 1. The van der Waals surface area contributed by atoms with Crippen LogP contribution in [0.15, 0.2) is 0 Å². The van der Waals surface area contributed by atoms with E-state index < -0.39 is 243 Å². The van der Waals surface area contributed by atoms with Crippen LogP contribution in [0.5, 0.6) is 0 Å². The molecule has 0 aliphatic carbocycles. The lowest BCUT2D eigenvalue weighted by atomic mass is 10.1. The van der Waals surface area contributed by atoms with Crippen LogP contribution in [0, 0.1) is 0 Å². The summed E-state index contributed by atoms with van der Waals surface area (Å²) in [5, 5.41) is 83.5. The summed E-state index contributed by atoms with van der Waals surface area (Å²) in [6, 6.07) is -13.3. The summed E-state index contributed by atoms with van der Waals surface area (Å²) in [6.45, 7) is -4.07. The predicted octanol–water partition coefficient (Wildman–Crippen LogP) is -10.5. The monoisotopic (exact) mass is 1640 g/mol. The van der Waals surface area contributed by atoms with Crippen LogP contribution in [0.25, 0.3) is 0 Å². The number of carbonyl (C=O) groups excluding carboxylic acids is 17. The molecule has 11 fully saturated rings. The quantitative estimate of drug-likeness (QED) is 0.0346. The number of likely N-dealkylation sites (tertiary alicyclic amines) is 10. The Morgan fingerprint density at radius 1 is 0.339 bits per heavy atom. The molecule has 11 heterocycles. The Labute approximate surface area is 665 Å². The maximum atomic E-state index is 14.4. The van der Waals surface area contributed by atoms with Gasteiger partial charge in [0.25, 0.3) is 0 Å². The van der Waals surface area contributed by atoms with Gasteiger partial charge in [0, 0.05) is 97.6 Å². The summed E-state index contributed by atoms with van der Waals surface area (Å²) in [6.07, 6.45) is -0.573. The second-order valence-corrected chi connectivity index (χ2v) is 32.4. The lowest BCUT2D eigenvalue weighted by Gasteiger charge is -2.32. The van der Waals surface area contributed by atoms with E-state index in [2.05, 4.69) is 42.5 Å². The molecule has 0 radical (unpaired) electrons. The highest BCUT2D eigenvalue weighted by atomic mass is 32.2. The number of nitrogens with zero attached hydrogens (tertiary/aromatic N) is 10. The minimum absolute atomic E-state index is 0.0522. The van der Waals surface area contributed by atoms with Crippen molar-refractivity contribution in [1.29, 1.82) is 0 Å². The maximum Gasteiger partial charge on any atom is 0.322 e. The van der Waals surface area contributed by atoms with Gasteiger partial charge in [0.15, 0.2) is 0 Å². The average molecular weight is 1640 g/mol. The second kappa shape index (κ2) is 38.6. The molecule has 11 aliphatic rings. The van der Waals surface area contributed by atoms with Gasteiger partial charge in [0.05, 0.1) is 69.3 Å². The van der Waals surface area contributed by atoms with Gasteiger partial charge in [-0.2, -0.15) is 11.8 Å². The van der Waals surface area contributed by atoms with Crippen LogP contribution in [0.3, 0.4) is 0 Å². The van der Waals surface area contributed by atoms with E-state index in [4.69, 9.17) is 5.11 Å². The fraction of sp³-hybridized carbons (Fsp3) is 0.750. The number of carboxylic acids is 1. The number of thioether (sulfide) groups is 1. The third kappa shape index (κ3) is 20.2. The highest BCUT2D eigenvalue weighted by molar-refractivity contribution is 7.98. The average Bonchev–Trinajstić information content (AvgIpc) is 1.67. The molecule has 17 atom stereocenters. The fourth-order valence-corrected chi connectivity index (χ4v) is 18.4. The van der Waals surface area contributed by atoms with Gasteiger partial charge in [-0.25, -0.2) is 0 Å².